The molecule has 0 atom stereocenters. The third kappa shape index (κ3) is 2.57. The number of anilines is 1. The van der Waals surface area contributed by atoms with Crippen LogP contribution in [-0.4, -0.2) is 11.1 Å². The van der Waals surface area contributed by atoms with E-state index < -0.39 is 0 Å². The predicted molar refractivity (Wildman–Crippen MR) is 44.6 cm³/mol. The molecule has 1 heterocycles. The monoisotopic (exact) mass is 166 g/mol. The first-order chi connectivity index (χ1) is 5.68. The van der Waals surface area contributed by atoms with Crippen molar-refractivity contribution in [2.75, 3.05) is 5.32 Å². The van der Waals surface area contributed by atoms with E-state index in [0.717, 1.165) is 5.57 Å². The minimum Gasteiger partial charge on any atom is -0.363 e. The van der Waals surface area contributed by atoms with Crippen LogP contribution in [0.2, 0.25) is 0 Å². The number of aromatic nitrogens is 1. The second-order valence-electron chi connectivity index (χ2n) is 2.62. The van der Waals surface area contributed by atoms with Crippen molar-refractivity contribution >= 4 is 11.6 Å². The Morgan fingerprint density at radius 2 is 2.42 bits per heavy atom. The van der Waals surface area contributed by atoms with Crippen molar-refractivity contribution in [1.82, 2.24) is 5.16 Å². The number of carbonyl (C=O) groups excluding carboxylic acids is 1. The van der Waals surface area contributed by atoms with Crippen LogP contribution in [0.1, 0.15) is 13.8 Å². The van der Waals surface area contributed by atoms with Crippen LogP contribution in [0.25, 0.3) is 0 Å². The minimum absolute atomic E-state index is 0.168. The Morgan fingerprint density at radius 1 is 1.67 bits per heavy atom. The largest absolute Gasteiger partial charge is 0.363 e. The SMILES string of the molecule is CC(C)=CC(=O)Nc1cnoc1. The summed E-state index contributed by atoms with van der Waals surface area (Å²) in [6, 6.07) is 0. The molecule has 1 rings (SSSR count). The molecule has 0 aromatic carbocycles. The quantitative estimate of drug-likeness (QED) is 0.678. The van der Waals surface area contributed by atoms with Crippen LogP contribution < -0.4 is 5.32 Å². The summed E-state index contributed by atoms with van der Waals surface area (Å²) in [6.45, 7) is 3.71. The molecule has 0 spiro atoms. The molecule has 0 aliphatic carbocycles. The summed E-state index contributed by atoms with van der Waals surface area (Å²) in [5, 5.41) is 6.03. The molecule has 0 bridgehead atoms. The first-order valence-electron chi connectivity index (χ1n) is 3.54. The zero-order chi connectivity index (χ0) is 8.97. The fourth-order valence-electron chi connectivity index (χ4n) is 0.707. The molecule has 0 aliphatic rings. The first-order valence-corrected chi connectivity index (χ1v) is 3.54. The molecule has 0 aliphatic heterocycles. The van der Waals surface area contributed by atoms with E-state index in [-0.39, 0.29) is 5.91 Å². The van der Waals surface area contributed by atoms with Crippen LogP contribution in [0.15, 0.2) is 28.6 Å². The molecule has 0 saturated heterocycles. The van der Waals surface area contributed by atoms with Crippen LogP contribution in [0.3, 0.4) is 0 Å². The van der Waals surface area contributed by atoms with Gasteiger partial charge in [-0.1, -0.05) is 10.7 Å². The highest BCUT2D eigenvalue weighted by Gasteiger charge is 1.98. The van der Waals surface area contributed by atoms with Crippen molar-refractivity contribution in [2.45, 2.75) is 13.8 Å². The van der Waals surface area contributed by atoms with Gasteiger partial charge in [-0.05, 0) is 13.8 Å². The molecule has 0 saturated carbocycles. The molecule has 1 aromatic heterocycles. The summed E-state index contributed by atoms with van der Waals surface area (Å²) in [4.78, 5) is 11.1. The fraction of sp³-hybridized carbons (Fsp3) is 0.250. The van der Waals surface area contributed by atoms with Gasteiger partial charge in [0.1, 0.15) is 12.0 Å². The lowest BCUT2D eigenvalue weighted by molar-refractivity contribution is -0.111. The second kappa shape index (κ2) is 3.71. The van der Waals surface area contributed by atoms with E-state index in [9.17, 15) is 4.79 Å². The lowest BCUT2D eigenvalue weighted by Crippen LogP contribution is -2.07. The summed E-state index contributed by atoms with van der Waals surface area (Å²) in [6.07, 6.45) is 4.32. The zero-order valence-corrected chi connectivity index (χ0v) is 7.00. The highest BCUT2D eigenvalue weighted by molar-refractivity contribution is 5.99. The maximum absolute atomic E-state index is 11.1. The van der Waals surface area contributed by atoms with Crippen LogP contribution in [0.4, 0.5) is 5.69 Å². The van der Waals surface area contributed by atoms with Gasteiger partial charge in [-0.15, -0.1) is 0 Å². The molecule has 1 N–H and O–H groups in total. The summed E-state index contributed by atoms with van der Waals surface area (Å²) < 4.78 is 4.53. The number of hydrogen-bond donors (Lipinski definition) is 1. The van der Waals surface area contributed by atoms with Crippen LogP contribution in [0.5, 0.6) is 0 Å². The number of allylic oxidation sites excluding steroid dienone is 1. The van der Waals surface area contributed by atoms with E-state index in [4.69, 9.17) is 0 Å². The van der Waals surface area contributed by atoms with Gasteiger partial charge in [0.25, 0.3) is 0 Å². The Labute approximate surface area is 70.2 Å². The highest BCUT2D eigenvalue weighted by atomic mass is 16.5. The van der Waals surface area contributed by atoms with Gasteiger partial charge >= 0.3 is 0 Å². The normalized spacial score (nSPS) is 9.17. The number of hydrogen-bond acceptors (Lipinski definition) is 3. The average Bonchev–Trinajstić information content (AvgIpc) is 2.37. The Morgan fingerprint density at radius 3 is 2.92 bits per heavy atom. The summed E-state index contributed by atoms with van der Waals surface area (Å²) in [7, 11) is 0. The molecule has 64 valence electrons. The molecule has 1 amide bonds. The fourth-order valence-corrected chi connectivity index (χ4v) is 0.707. The van der Waals surface area contributed by atoms with Gasteiger partial charge in [-0.3, -0.25) is 4.79 Å². The topological polar surface area (TPSA) is 55.1 Å². The number of carbonyl (C=O) groups is 1. The van der Waals surface area contributed by atoms with Gasteiger partial charge in [0.2, 0.25) is 5.91 Å². The molecule has 4 nitrogen and oxygen atoms in total. The predicted octanol–water partition coefficient (Wildman–Crippen LogP) is 1.58. The van der Waals surface area contributed by atoms with Gasteiger partial charge in [-0.25, -0.2) is 0 Å². The lowest BCUT2D eigenvalue weighted by atomic mass is 10.3. The van der Waals surface area contributed by atoms with E-state index in [1.807, 2.05) is 13.8 Å². The standard InChI is InChI=1S/C8H10N2O2/c1-6(2)3-8(11)10-7-4-9-12-5-7/h3-5H,1-2H3,(H,10,11). The van der Waals surface area contributed by atoms with E-state index in [2.05, 4.69) is 15.0 Å². The van der Waals surface area contributed by atoms with Crippen molar-refractivity contribution in [3.8, 4) is 0 Å². The molecule has 4 heteroatoms. The molecule has 0 radical (unpaired) electrons. The Kier molecular flexibility index (Phi) is 2.63. The maximum Gasteiger partial charge on any atom is 0.248 e. The van der Waals surface area contributed by atoms with Gasteiger partial charge in [0.15, 0.2) is 0 Å². The van der Waals surface area contributed by atoms with Gasteiger partial charge in [-0.2, -0.15) is 0 Å². The highest BCUT2D eigenvalue weighted by Crippen LogP contribution is 2.03. The van der Waals surface area contributed by atoms with Crippen LogP contribution in [0, 0.1) is 0 Å². The van der Waals surface area contributed by atoms with E-state index in [1.54, 1.807) is 0 Å². The van der Waals surface area contributed by atoms with E-state index in [0.29, 0.717) is 5.69 Å². The third-order valence-electron chi connectivity index (χ3n) is 1.12. The second-order valence-corrected chi connectivity index (χ2v) is 2.62. The number of nitrogens with zero attached hydrogens (tertiary/aromatic N) is 1. The molecule has 1 aromatic rings. The smallest absolute Gasteiger partial charge is 0.248 e. The molecule has 0 unspecified atom stereocenters. The Bertz CT molecular complexity index is 284. The molecule has 12 heavy (non-hydrogen) atoms. The van der Waals surface area contributed by atoms with Crippen molar-refractivity contribution < 1.29 is 9.32 Å². The van der Waals surface area contributed by atoms with Gasteiger partial charge in [0.05, 0.1) is 6.20 Å². The molecular weight excluding hydrogens is 156 g/mol. The zero-order valence-electron chi connectivity index (χ0n) is 7.00. The van der Waals surface area contributed by atoms with Gasteiger partial charge < -0.3 is 9.84 Å². The number of amides is 1. The van der Waals surface area contributed by atoms with Crippen molar-refractivity contribution in [2.24, 2.45) is 0 Å². The van der Waals surface area contributed by atoms with E-state index >= 15 is 0 Å². The van der Waals surface area contributed by atoms with E-state index in [1.165, 1.54) is 18.5 Å². The summed E-state index contributed by atoms with van der Waals surface area (Å²) in [5.41, 5.74) is 1.52. The van der Waals surface area contributed by atoms with Crippen molar-refractivity contribution in [3.05, 3.63) is 24.1 Å². The maximum atomic E-state index is 11.1. The number of nitrogens with one attached hydrogen (secondary N) is 1. The number of rotatable bonds is 2. The Hall–Kier alpha value is -1.58. The van der Waals surface area contributed by atoms with Crippen molar-refractivity contribution in [3.63, 3.8) is 0 Å². The summed E-state index contributed by atoms with van der Waals surface area (Å²) >= 11 is 0. The van der Waals surface area contributed by atoms with Crippen molar-refractivity contribution in [1.29, 1.82) is 0 Å². The van der Waals surface area contributed by atoms with Crippen LogP contribution in [-0.2, 0) is 4.79 Å². The van der Waals surface area contributed by atoms with Gasteiger partial charge in [0, 0.05) is 6.08 Å². The lowest BCUT2D eigenvalue weighted by Gasteiger charge is -1.95. The Balaban J connectivity index is 2.54. The van der Waals surface area contributed by atoms with Crippen LogP contribution >= 0.6 is 0 Å². The minimum atomic E-state index is -0.168. The summed E-state index contributed by atoms with van der Waals surface area (Å²) in [5.74, 6) is -0.168. The first kappa shape index (κ1) is 8.52. The third-order valence-corrected chi connectivity index (χ3v) is 1.12. The molecular formula is C8H10N2O2. The molecule has 0 fully saturated rings. The average molecular weight is 166 g/mol.